The van der Waals surface area contributed by atoms with E-state index in [-0.39, 0.29) is 11.0 Å². The summed E-state index contributed by atoms with van der Waals surface area (Å²) in [5.41, 5.74) is 6.38. The fourth-order valence-corrected chi connectivity index (χ4v) is 2.65. The van der Waals surface area contributed by atoms with Crippen LogP contribution in [0.5, 0.6) is 0 Å². The van der Waals surface area contributed by atoms with E-state index in [1.165, 1.54) is 0 Å². The zero-order valence-corrected chi connectivity index (χ0v) is 12.4. The molecular formula is C14H30N2O. The van der Waals surface area contributed by atoms with E-state index in [0.29, 0.717) is 18.5 Å². The highest BCUT2D eigenvalue weighted by atomic mass is 16.5. The molecule has 17 heavy (non-hydrogen) atoms. The third-order valence-corrected chi connectivity index (χ3v) is 4.86. The van der Waals surface area contributed by atoms with E-state index in [2.05, 4.69) is 46.6 Å². The van der Waals surface area contributed by atoms with E-state index >= 15 is 0 Å². The van der Waals surface area contributed by atoms with Gasteiger partial charge in [-0.15, -0.1) is 0 Å². The van der Waals surface area contributed by atoms with Crippen LogP contribution in [0.15, 0.2) is 0 Å². The highest BCUT2D eigenvalue weighted by Gasteiger charge is 2.42. The Morgan fingerprint density at radius 3 is 2.29 bits per heavy atom. The van der Waals surface area contributed by atoms with Crippen molar-refractivity contribution in [2.24, 2.45) is 17.1 Å². The molecule has 0 aromatic carbocycles. The second kappa shape index (κ2) is 5.25. The molecule has 1 heterocycles. The first kappa shape index (κ1) is 14.9. The summed E-state index contributed by atoms with van der Waals surface area (Å²) in [5.74, 6) is 0.558. The van der Waals surface area contributed by atoms with Crippen molar-refractivity contribution < 1.29 is 4.74 Å². The summed E-state index contributed by atoms with van der Waals surface area (Å²) in [6, 6.07) is 0.497. The first-order chi connectivity index (χ1) is 7.73. The highest BCUT2D eigenvalue weighted by Crippen LogP contribution is 2.35. The third kappa shape index (κ3) is 3.01. The summed E-state index contributed by atoms with van der Waals surface area (Å²) in [5, 5.41) is 0. The summed E-state index contributed by atoms with van der Waals surface area (Å²) in [6.07, 6.45) is 1.13. The Bertz CT molecular complexity index is 243. The molecule has 0 bridgehead atoms. The van der Waals surface area contributed by atoms with Crippen LogP contribution in [0.25, 0.3) is 0 Å². The van der Waals surface area contributed by atoms with E-state index in [0.717, 1.165) is 19.6 Å². The summed E-state index contributed by atoms with van der Waals surface area (Å²) in [7, 11) is 2.21. The molecule has 0 aliphatic carbocycles. The van der Waals surface area contributed by atoms with Crippen LogP contribution in [-0.4, -0.2) is 43.3 Å². The van der Waals surface area contributed by atoms with Gasteiger partial charge in [-0.3, -0.25) is 4.90 Å². The molecule has 3 nitrogen and oxygen atoms in total. The molecule has 3 unspecified atom stereocenters. The largest absolute Gasteiger partial charge is 0.381 e. The maximum atomic E-state index is 6.07. The molecule has 0 spiro atoms. The zero-order valence-electron chi connectivity index (χ0n) is 12.4. The molecule has 3 atom stereocenters. The van der Waals surface area contributed by atoms with Gasteiger partial charge in [0.2, 0.25) is 0 Å². The minimum atomic E-state index is 0.0448. The normalized spacial score (nSPS) is 27.2. The molecule has 0 saturated carbocycles. The Hall–Kier alpha value is -0.120. The van der Waals surface area contributed by atoms with Crippen molar-refractivity contribution in [1.29, 1.82) is 0 Å². The van der Waals surface area contributed by atoms with Crippen molar-refractivity contribution in [3.8, 4) is 0 Å². The van der Waals surface area contributed by atoms with E-state index in [9.17, 15) is 0 Å². The minimum absolute atomic E-state index is 0.0448. The molecule has 1 rings (SSSR count). The first-order valence-electron chi connectivity index (χ1n) is 6.74. The van der Waals surface area contributed by atoms with Crippen LogP contribution in [0.4, 0.5) is 0 Å². The molecule has 1 aliphatic heterocycles. The van der Waals surface area contributed by atoms with Gasteiger partial charge in [-0.1, -0.05) is 20.8 Å². The van der Waals surface area contributed by atoms with E-state index in [1.54, 1.807) is 0 Å². The van der Waals surface area contributed by atoms with Gasteiger partial charge in [-0.25, -0.2) is 0 Å². The van der Waals surface area contributed by atoms with Gasteiger partial charge in [-0.2, -0.15) is 0 Å². The molecule has 0 radical (unpaired) electrons. The van der Waals surface area contributed by atoms with Crippen LogP contribution in [0.2, 0.25) is 0 Å². The van der Waals surface area contributed by atoms with Crippen LogP contribution >= 0.6 is 0 Å². The SMILES string of the molecule is CC(N(C)C(C)(CN)C1CCOC1)C(C)(C)C. The molecule has 1 aliphatic rings. The lowest BCUT2D eigenvalue weighted by Crippen LogP contribution is -2.60. The molecule has 0 amide bonds. The molecule has 102 valence electrons. The lowest BCUT2D eigenvalue weighted by molar-refractivity contribution is 0.00128. The van der Waals surface area contributed by atoms with Gasteiger partial charge in [0.25, 0.3) is 0 Å². The fraction of sp³-hybridized carbons (Fsp3) is 1.00. The van der Waals surface area contributed by atoms with Gasteiger partial charge >= 0.3 is 0 Å². The molecule has 0 aromatic rings. The van der Waals surface area contributed by atoms with E-state index in [4.69, 9.17) is 10.5 Å². The molecular weight excluding hydrogens is 212 g/mol. The zero-order chi connectivity index (χ0) is 13.3. The van der Waals surface area contributed by atoms with Gasteiger partial charge in [0, 0.05) is 30.7 Å². The standard InChI is InChI=1S/C14H30N2O/c1-11(13(2,3)4)16(6)14(5,10-15)12-7-8-17-9-12/h11-12H,7-10,15H2,1-6H3. The number of hydrogen-bond donors (Lipinski definition) is 1. The first-order valence-corrected chi connectivity index (χ1v) is 6.74. The second-order valence-corrected chi connectivity index (χ2v) is 6.77. The predicted octanol–water partition coefficient (Wildman–Crippen LogP) is 2.11. The van der Waals surface area contributed by atoms with Crippen molar-refractivity contribution in [2.45, 2.75) is 52.6 Å². The van der Waals surface area contributed by atoms with Gasteiger partial charge in [0.05, 0.1) is 6.61 Å². The Kier molecular flexibility index (Phi) is 4.61. The lowest BCUT2D eigenvalue weighted by Gasteiger charge is -2.49. The third-order valence-electron chi connectivity index (χ3n) is 4.86. The second-order valence-electron chi connectivity index (χ2n) is 6.77. The molecule has 2 N–H and O–H groups in total. The van der Waals surface area contributed by atoms with E-state index < -0.39 is 0 Å². The van der Waals surface area contributed by atoms with Crippen molar-refractivity contribution in [1.82, 2.24) is 4.90 Å². The van der Waals surface area contributed by atoms with Crippen LogP contribution in [0, 0.1) is 11.3 Å². The number of nitrogens with zero attached hydrogens (tertiary/aromatic N) is 1. The summed E-state index contributed by atoms with van der Waals surface area (Å²) >= 11 is 0. The van der Waals surface area contributed by atoms with Crippen molar-refractivity contribution in [2.75, 3.05) is 26.8 Å². The maximum absolute atomic E-state index is 6.07. The Balaban J connectivity index is 2.84. The Morgan fingerprint density at radius 1 is 1.35 bits per heavy atom. The van der Waals surface area contributed by atoms with Crippen molar-refractivity contribution >= 4 is 0 Å². The van der Waals surface area contributed by atoms with Gasteiger partial charge < -0.3 is 10.5 Å². The smallest absolute Gasteiger partial charge is 0.0513 e. The molecule has 1 saturated heterocycles. The van der Waals surface area contributed by atoms with Gasteiger partial charge in [-0.05, 0) is 32.7 Å². The quantitative estimate of drug-likeness (QED) is 0.820. The summed E-state index contributed by atoms with van der Waals surface area (Å²) in [4.78, 5) is 2.46. The van der Waals surface area contributed by atoms with Crippen molar-refractivity contribution in [3.63, 3.8) is 0 Å². The number of hydrogen-bond acceptors (Lipinski definition) is 3. The van der Waals surface area contributed by atoms with Gasteiger partial charge in [0.15, 0.2) is 0 Å². The van der Waals surface area contributed by atoms with Crippen LogP contribution in [-0.2, 0) is 4.74 Å². The summed E-state index contributed by atoms with van der Waals surface area (Å²) < 4.78 is 5.54. The van der Waals surface area contributed by atoms with E-state index in [1.807, 2.05) is 0 Å². The number of ether oxygens (including phenoxy) is 1. The van der Waals surface area contributed by atoms with Crippen LogP contribution in [0.3, 0.4) is 0 Å². The fourth-order valence-electron chi connectivity index (χ4n) is 2.65. The number of likely N-dealkylation sites (N-methyl/N-ethyl adjacent to an activating group) is 1. The predicted molar refractivity (Wildman–Crippen MR) is 73.1 cm³/mol. The summed E-state index contributed by atoms with van der Waals surface area (Å²) in [6.45, 7) is 13.9. The highest BCUT2D eigenvalue weighted by molar-refractivity contribution is 4.97. The minimum Gasteiger partial charge on any atom is -0.381 e. The average molecular weight is 242 g/mol. The molecule has 0 aromatic heterocycles. The number of rotatable bonds is 4. The lowest BCUT2D eigenvalue weighted by atomic mass is 9.78. The average Bonchev–Trinajstić information content (AvgIpc) is 2.78. The van der Waals surface area contributed by atoms with Gasteiger partial charge in [0.1, 0.15) is 0 Å². The molecule has 3 heteroatoms. The van der Waals surface area contributed by atoms with Crippen LogP contribution in [0.1, 0.15) is 41.0 Å². The Morgan fingerprint density at radius 2 is 1.94 bits per heavy atom. The maximum Gasteiger partial charge on any atom is 0.0513 e. The number of nitrogens with two attached hydrogens (primary N) is 1. The Labute approximate surface area is 107 Å². The monoisotopic (exact) mass is 242 g/mol. The molecule has 1 fully saturated rings. The van der Waals surface area contributed by atoms with Crippen LogP contribution < -0.4 is 5.73 Å². The van der Waals surface area contributed by atoms with Crippen molar-refractivity contribution in [3.05, 3.63) is 0 Å². The topological polar surface area (TPSA) is 38.5 Å².